The molecule has 15 heavy (non-hydrogen) atoms. The first-order valence-electron chi connectivity index (χ1n) is 5.67. The molecule has 2 heteroatoms. The van der Waals surface area contributed by atoms with Gasteiger partial charge in [-0.05, 0) is 39.5 Å². The van der Waals surface area contributed by atoms with Crippen molar-refractivity contribution in [2.24, 2.45) is 0 Å². The van der Waals surface area contributed by atoms with E-state index in [2.05, 4.69) is 6.58 Å². The van der Waals surface area contributed by atoms with Gasteiger partial charge in [0.15, 0.2) is 5.78 Å². The molecule has 1 saturated carbocycles. The van der Waals surface area contributed by atoms with Gasteiger partial charge in [0.25, 0.3) is 0 Å². The molecule has 0 N–H and O–H groups in total. The Morgan fingerprint density at radius 3 is 2.40 bits per heavy atom. The molecule has 82 valence electrons. The van der Waals surface area contributed by atoms with E-state index in [0.717, 1.165) is 29.7 Å². The summed E-state index contributed by atoms with van der Waals surface area (Å²) in [6.45, 7) is 7.55. The van der Waals surface area contributed by atoms with E-state index < -0.39 is 0 Å². The van der Waals surface area contributed by atoms with Crippen LogP contribution >= 0.6 is 0 Å². The van der Waals surface area contributed by atoms with Crippen LogP contribution in [0.4, 0.5) is 0 Å². The predicted molar refractivity (Wildman–Crippen MR) is 59.4 cm³/mol. The molecular formula is C13H18O2. The molecular weight excluding hydrogens is 188 g/mol. The highest BCUT2D eigenvalue weighted by atomic mass is 16.5. The molecule has 0 bridgehead atoms. The molecule has 2 rings (SSSR count). The molecule has 0 aromatic heterocycles. The number of ketones is 1. The Morgan fingerprint density at radius 2 is 1.93 bits per heavy atom. The van der Waals surface area contributed by atoms with Crippen molar-refractivity contribution >= 4 is 5.78 Å². The standard InChI is InChI=1S/C13H18O2/c1-9-12(10(2)14)11(3)15-13(9)7-5-4-6-8-13/h1,4-8H2,2-3H3. The van der Waals surface area contributed by atoms with Crippen molar-refractivity contribution in [3.63, 3.8) is 0 Å². The lowest BCUT2D eigenvalue weighted by Crippen LogP contribution is -2.33. The molecule has 1 heterocycles. The van der Waals surface area contributed by atoms with Gasteiger partial charge in [0, 0.05) is 5.57 Å². The van der Waals surface area contributed by atoms with Crippen LogP contribution in [0.5, 0.6) is 0 Å². The first-order valence-corrected chi connectivity index (χ1v) is 5.67. The maximum absolute atomic E-state index is 11.5. The maximum atomic E-state index is 11.5. The largest absolute Gasteiger partial charge is 0.486 e. The Hall–Kier alpha value is -1.05. The van der Waals surface area contributed by atoms with Crippen LogP contribution in [-0.2, 0) is 9.53 Å². The number of hydrogen-bond donors (Lipinski definition) is 0. The number of carbonyl (C=O) groups is 1. The average Bonchev–Trinajstić information content (AvgIpc) is 2.40. The minimum atomic E-state index is -0.233. The van der Waals surface area contributed by atoms with E-state index in [9.17, 15) is 4.79 Å². The first kappa shape index (κ1) is 10.5. The van der Waals surface area contributed by atoms with Crippen molar-refractivity contribution in [1.29, 1.82) is 0 Å². The Morgan fingerprint density at radius 1 is 1.33 bits per heavy atom. The van der Waals surface area contributed by atoms with Gasteiger partial charge in [0.1, 0.15) is 11.4 Å². The summed E-state index contributed by atoms with van der Waals surface area (Å²) in [5.74, 6) is 0.856. The number of Topliss-reactive ketones (excluding diaryl/α,β-unsaturated/α-hetero) is 1. The molecule has 0 radical (unpaired) electrons. The molecule has 0 aromatic carbocycles. The van der Waals surface area contributed by atoms with E-state index in [-0.39, 0.29) is 11.4 Å². The van der Waals surface area contributed by atoms with Crippen LogP contribution in [0.1, 0.15) is 46.0 Å². The molecule has 0 amide bonds. The smallest absolute Gasteiger partial charge is 0.163 e. The minimum Gasteiger partial charge on any atom is -0.486 e. The number of ether oxygens (including phenoxy) is 1. The zero-order valence-electron chi connectivity index (χ0n) is 9.56. The molecule has 0 unspecified atom stereocenters. The highest BCUT2D eigenvalue weighted by Gasteiger charge is 2.44. The second-order valence-electron chi connectivity index (χ2n) is 4.62. The maximum Gasteiger partial charge on any atom is 0.163 e. The Kier molecular flexibility index (Phi) is 2.45. The van der Waals surface area contributed by atoms with Gasteiger partial charge in [-0.1, -0.05) is 13.0 Å². The second kappa shape index (κ2) is 3.51. The molecule has 1 spiro atoms. The van der Waals surface area contributed by atoms with Gasteiger partial charge < -0.3 is 4.74 Å². The average molecular weight is 206 g/mol. The second-order valence-corrected chi connectivity index (χ2v) is 4.62. The summed E-state index contributed by atoms with van der Waals surface area (Å²) >= 11 is 0. The molecule has 0 atom stereocenters. The fourth-order valence-electron chi connectivity index (χ4n) is 2.83. The van der Waals surface area contributed by atoms with Gasteiger partial charge in [0.05, 0.1) is 5.57 Å². The van der Waals surface area contributed by atoms with E-state index >= 15 is 0 Å². The quantitative estimate of drug-likeness (QED) is 0.658. The zero-order valence-corrected chi connectivity index (χ0v) is 9.56. The van der Waals surface area contributed by atoms with E-state index in [1.165, 1.54) is 19.3 Å². The molecule has 2 aliphatic rings. The molecule has 0 saturated heterocycles. The Bertz CT molecular complexity index is 344. The third-order valence-electron chi connectivity index (χ3n) is 3.57. The molecule has 1 fully saturated rings. The lowest BCUT2D eigenvalue weighted by molar-refractivity contribution is -0.113. The Balaban J connectivity index is 2.29. The summed E-state index contributed by atoms with van der Waals surface area (Å²) in [6.07, 6.45) is 5.65. The summed E-state index contributed by atoms with van der Waals surface area (Å²) in [5, 5.41) is 0. The summed E-state index contributed by atoms with van der Waals surface area (Å²) in [5.41, 5.74) is 1.42. The summed E-state index contributed by atoms with van der Waals surface area (Å²) in [6, 6.07) is 0. The van der Waals surface area contributed by atoms with Crippen LogP contribution in [0.25, 0.3) is 0 Å². The summed E-state index contributed by atoms with van der Waals surface area (Å²) < 4.78 is 5.94. The van der Waals surface area contributed by atoms with Crippen molar-refractivity contribution < 1.29 is 9.53 Å². The van der Waals surface area contributed by atoms with Gasteiger partial charge in [0.2, 0.25) is 0 Å². The van der Waals surface area contributed by atoms with Crippen LogP contribution < -0.4 is 0 Å². The van der Waals surface area contributed by atoms with Gasteiger partial charge >= 0.3 is 0 Å². The van der Waals surface area contributed by atoms with Crippen molar-refractivity contribution in [2.45, 2.75) is 51.6 Å². The summed E-state index contributed by atoms with van der Waals surface area (Å²) in [4.78, 5) is 11.5. The molecule has 2 nitrogen and oxygen atoms in total. The SMILES string of the molecule is C=C1C(C(C)=O)=C(C)OC12CCCCC2. The number of carbonyl (C=O) groups excluding carboxylic acids is 1. The highest BCUT2D eigenvalue weighted by molar-refractivity contribution is 5.99. The van der Waals surface area contributed by atoms with E-state index in [4.69, 9.17) is 4.74 Å². The fourth-order valence-corrected chi connectivity index (χ4v) is 2.83. The van der Waals surface area contributed by atoms with Crippen LogP contribution in [0.2, 0.25) is 0 Å². The topological polar surface area (TPSA) is 26.3 Å². The zero-order chi connectivity index (χ0) is 11.1. The fraction of sp³-hybridized carbons (Fsp3) is 0.615. The van der Waals surface area contributed by atoms with Crippen molar-refractivity contribution in [2.75, 3.05) is 0 Å². The first-order chi connectivity index (χ1) is 7.07. The lowest BCUT2D eigenvalue weighted by Gasteiger charge is -2.34. The number of hydrogen-bond acceptors (Lipinski definition) is 2. The van der Waals surface area contributed by atoms with Crippen molar-refractivity contribution in [3.05, 3.63) is 23.5 Å². The van der Waals surface area contributed by atoms with Crippen LogP contribution in [0.15, 0.2) is 23.5 Å². The van der Waals surface area contributed by atoms with Crippen LogP contribution in [0, 0.1) is 0 Å². The monoisotopic (exact) mass is 206 g/mol. The molecule has 1 aliphatic heterocycles. The predicted octanol–water partition coefficient (Wildman–Crippen LogP) is 3.14. The van der Waals surface area contributed by atoms with Crippen molar-refractivity contribution in [3.8, 4) is 0 Å². The normalized spacial score (nSPS) is 24.5. The highest BCUT2D eigenvalue weighted by Crippen LogP contribution is 2.46. The third-order valence-corrected chi connectivity index (χ3v) is 3.57. The van der Waals surface area contributed by atoms with E-state index in [1.54, 1.807) is 6.92 Å². The summed E-state index contributed by atoms with van der Waals surface area (Å²) in [7, 11) is 0. The van der Waals surface area contributed by atoms with E-state index in [0.29, 0.717) is 0 Å². The van der Waals surface area contributed by atoms with E-state index in [1.807, 2.05) is 6.92 Å². The Labute approximate surface area is 91.0 Å². The van der Waals surface area contributed by atoms with Gasteiger partial charge in [-0.3, -0.25) is 4.79 Å². The number of allylic oxidation sites excluding steroid dienone is 1. The van der Waals surface area contributed by atoms with Crippen LogP contribution in [-0.4, -0.2) is 11.4 Å². The van der Waals surface area contributed by atoms with Crippen LogP contribution in [0.3, 0.4) is 0 Å². The molecule has 1 aliphatic carbocycles. The minimum absolute atomic E-state index is 0.0833. The lowest BCUT2D eigenvalue weighted by atomic mass is 9.78. The molecule has 0 aromatic rings. The number of rotatable bonds is 1. The van der Waals surface area contributed by atoms with Gasteiger partial charge in [-0.25, -0.2) is 0 Å². The van der Waals surface area contributed by atoms with Gasteiger partial charge in [-0.15, -0.1) is 0 Å². The van der Waals surface area contributed by atoms with Gasteiger partial charge in [-0.2, -0.15) is 0 Å². The van der Waals surface area contributed by atoms with Crippen molar-refractivity contribution in [1.82, 2.24) is 0 Å². The third kappa shape index (κ3) is 1.52.